The van der Waals surface area contributed by atoms with Gasteiger partial charge in [0, 0.05) is 44.8 Å². The third kappa shape index (κ3) is 5.56. The number of likely N-dealkylation sites (N-methyl/N-ethyl adjacent to an activating group) is 1. The first-order valence-electron chi connectivity index (χ1n) is 10.9. The molecular weight excluding hydrogens is 396 g/mol. The van der Waals surface area contributed by atoms with Crippen LogP contribution in [0.2, 0.25) is 0 Å². The summed E-state index contributed by atoms with van der Waals surface area (Å²) in [5, 5.41) is 3.47. The summed E-state index contributed by atoms with van der Waals surface area (Å²) in [5.41, 5.74) is 3.58. The number of hydrogen-bond donors (Lipinski definition) is 2. The fourth-order valence-electron chi connectivity index (χ4n) is 3.97. The Labute approximate surface area is 181 Å². The van der Waals surface area contributed by atoms with E-state index in [1.807, 2.05) is 30.3 Å². The summed E-state index contributed by atoms with van der Waals surface area (Å²) in [7, 11) is 1.08. The predicted molar refractivity (Wildman–Crippen MR) is 123 cm³/mol. The molecule has 1 aromatic heterocycles. The number of nitrogens with zero attached hydrogens (tertiary/aromatic N) is 4. The molecule has 0 spiro atoms. The van der Waals surface area contributed by atoms with Crippen LogP contribution in [0.3, 0.4) is 0 Å². The minimum atomic E-state index is -1.08. The van der Waals surface area contributed by atoms with Crippen LogP contribution in [0, 0.1) is 0 Å². The topological polar surface area (TPSA) is 73.4 Å². The quantitative estimate of drug-likeness (QED) is 0.670. The van der Waals surface area contributed by atoms with E-state index in [2.05, 4.69) is 26.9 Å². The zero-order valence-corrected chi connectivity index (χ0v) is 18.6. The average molecular weight is 429 g/mol. The Morgan fingerprint density at radius 2 is 1.80 bits per heavy atom. The van der Waals surface area contributed by atoms with Crippen molar-refractivity contribution in [3.8, 4) is 0 Å². The van der Waals surface area contributed by atoms with Crippen molar-refractivity contribution in [1.29, 1.82) is 0 Å². The first-order valence-corrected chi connectivity index (χ1v) is 12.2. The summed E-state index contributed by atoms with van der Waals surface area (Å²) < 4.78 is 15.5. The number of nitrogens with one attached hydrogen (secondary N) is 2. The van der Waals surface area contributed by atoms with Crippen molar-refractivity contribution in [2.75, 3.05) is 55.7 Å². The Hall–Kier alpha value is -2.03. The van der Waals surface area contributed by atoms with E-state index in [1.54, 1.807) is 0 Å². The largest absolute Gasteiger partial charge is 0.369 e. The Balaban J connectivity index is 1.36. The number of benzene rings is 1. The molecule has 0 amide bonds. The molecule has 1 aromatic carbocycles. The van der Waals surface area contributed by atoms with Gasteiger partial charge in [0.1, 0.15) is 5.82 Å². The fraction of sp³-hybridized carbons (Fsp3) is 0.545. The summed E-state index contributed by atoms with van der Waals surface area (Å²) in [4.78, 5) is 14.4. The molecule has 0 bridgehead atoms. The number of fused-ring (bicyclic) bond motifs is 1. The summed E-state index contributed by atoms with van der Waals surface area (Å²) >= 11 is 0. The van der Waals surface area contributed by atoms with Crippen molar-refractivity contribution in [3.05, 3.63) is 47.2 Å². The standard InChI is InChI=1S/C22H32N6OS/c1-27-12-14-28(15-13-27)22-25-20-10-6-5-9-19(20)21(26-22)23-11-16-30(29)24-17-18-7-3-2-4-8-18/h2-4,7-8,24H,5-6,9-17H2,1H3,(H,23,25,26). The van der Waals surface area contributed by atoms with Gasteiger partial charge in [0.25, 0.3) is 0 Å². The monoisotopic (exact) mass is 428 g/mol. The molecule has 1 aliphatic carbocycles. The van der Waals surface area contributed by atoms with Gasteiger partial charge in [0.15, 0.2) is 0 Å². The van der Waals surface area contributed by atoms with Crippen molar-refractivity contribution in [3.63, 3.8) is 0 Å². The number of aryl methyl sites for hydroxylation is 1. The Morgan fingerprint density at radius 3 is 2.60 bits per heavy atom. The van der Waals surface area contributed by atoms with Gasteiger partial charge in [0.2, 0.25) is 5.95 Å². The number of anilines is 2. The number of rotatable bonds is 8. The molecule has 1 aliphatic heterocycles. The zero-order valence-electron chi connectivity index (χ0n) is 17.8. The maximum atomic E-state index is 12.4. The van der Waals surface area contributed by atoms with E-state index in [0.717, 1.165) is 56.4 Å². The Kier molecular flexibility index (Phi) is 7.30. The van der Waals surface area contributed by atoms with Crippen LogP contribution in [0.5, 0.6) is 0 Å². The van der Waals surface area contributed by atoms with Crippen LogP contribution in [0.1, 0.15) is 29.7 Å². The van der Waals surface area contributed by atoms with Crippen LogP contribution in [0.15, 0.2) is 30.3 Å². The summed E-state index contributed by atoms with van der Waals surface area (Å²) in [6, 6.07) is 10.1. The second kappa shape index (κ2) is 10.3. The van der Waals surface area contributed by atoms with Gasteiger partial charge in [-0.05, 0) is 38.3 Å². The van der Waals surface area contributed by atoms with Gasteiger partial charge in [-0.25, -0.2) is 13.9 Å². The molecule has 1 unspecified atom stereocenters. The van der Waals surface area contributed by atoms with E-state index in [-0.39, 0.29) is 0 Å². The lowest BCUT2D eigenvalue weighted by Crippen LogP contribution is -2.45. The van der Waals surface area contributed by atoms with Gasteiger partial charge in [-0.2, -0.15) is 4.98 Å². The van der Waals surface area contributed by atoms with Gasteiger partial charge >= 0.3 is 0 Å². The third-order valence-corrected chi connectivity index (χ3v) is 6.86. The molecule has 8 heteroatoms. The molecule has 1 atom stereocenters. The molecule has 1 saturated heterocycles. The zero-order chi connectivity index (χ0) is 20.8. The maximum Gasteiger partial charge on any atom is 0.227 e. The van der Waals surface area contributed by atoms with E-state index >= 15 is 0 Å². The third-order valence-electron chi connectivity index (χ3n) is 5.82. The fourth-order valence-corrected chi connectivity index (χ4v) is 4.73. The molecular formula is C22H32N6OS. The highest BCUT2D eigenvalue weighted by atomic mass is 32.2. The van der Waals surface area contributed by atoms with E-state index in [1.165, 1.54) is 24.1 Å². The van der Waals surface area contributed by atoms with Gasteiger partial charge < -0.3 is 15.1 Å². The molecule has 162 valence electrons. The Morgan fingerprint density at radius 1 is 1.03 bits per heavy atom. The van der Waals surface area contributed by atoms with Crippen LogP contribution in [0.25, 0.3) is 0 Å². The van der Waals surface area contributed by atoms with Crippen molar-refractivity contribution in [2.45, 2.75) is 32.2 Å². The highest BCUT2D eigenvalue weighted by Crippen LogP contribution is 2.28. The van der Waals surface area contributed by atoms with Crippen LogP contribution >= 0.6 is 0 Å². The summed E-state index contributed by atoms with van der Waals surface area (Å²) in [6.07, 6.45) is 4.43. The molecule has 2 N–H and O–H groups in total. The van der Waals surface area contributed by atoms with Gasteiger partial charge in [-0.15, -0.1) is 0 Å². The molecule has 2 aromatic rings. The normalized spacial score (nSPS) is 18.1. The van der Waals surface area contributed by atoms with Crippen molar-refractivity contribution < 1.29 is 4.21 Å². The molecule has 30 heavy (non-hydrogen) atoms. The van der Waals surface area contributed by atoms with E-state index < -0.39 is 11.0 Å². The van der Waals surface area contributed by atoms with E-state index in [4.69, 9.17) is 9.97 Å². The van der Waals surface area contributed by atoms with Gasteiger partial charge in [0.05, 0.1) is 22.4 Å². The average Bonchev–Trinajstić information content (AvgIpc) is 2.79. The number of aromatic nitrogens is 2. The maximum absolute atomic E-state index is 12.4. The minimum absolute atomic E-state index is 0.537. The lowest BCUT2D eigenvalue weighted by atomic mass is 9.96. The molecule has 2 heterocycles. The Bertz CT molecular complexity index is 854. The van der Waals surface area contributed by atoms with Crippen molar-refractivity contribution in [1.82, 2.24) is 19.6 Å². The van der Waals surface area contributed by atoms with Crippen molar-refractivity contribution in [2.24, 2.45) is 0 Å². The van der Waals surface area contributed by atoms with Crippen LogP contribution in [-0.4, -0.2) is 64.6 Å². The summed E-state index contributed by atoms with van der Waals surface area (Å²) in [5.74, 6) is 2.32. The molecule has 4 rings (SSSR count). The lowest BCUT2D eigenvalue weighted by Gasteiger charge is -2.33. The van der Waals surface area contributed by atoms with E-state index in [0.29, 0.717) is 18.8 Å². The summed E-state index contributed by atoms with van der Waals surface area (Å²) in [6.45, 7) is 5.23. The number of piperazine rings is 1. The van der Waals surface area contributed by atoms with Crippen molar-refractivity contribution >= 4 is 22.8 Å². The minimum Gasteiger partial charge on any atom is -0.369 e. The molecule has 0 saturated carbocycles. The van der Waals surface area contributed by atoms with Crippen LogP contribution in [-0.2, 0) is 30.4 Å². The van der Waals surface area contributed by atoms with Crippen LogP contribution in [0.4, 0.5) is 11.8 Å². The second-order valence-corrected chi connectivity index (χ2v) is 9.47. The highest BCUT2D eigenvalue weighted by Gasteiger charge is 2.22. The predicted octanol–water partition coefficient (Wildman–Crippen LogP) is 1.97. The first kappa shape index (κ1) is 21.2. The second-order valence-electron chi connectivity index (χ2n) is 8.08. The number of hydrogen-bond acceptors (Lipinski definition) is 6. The molecule has 0 radical (unpaired) electrons. The van der Waals surface area contributed by atoms with E-state index in [9.17, 15) is 4.21 Å². The molecule has 1 fully saturated rings. The first-order chi connectivity index (χ1) is 14.7. The van der Waals surface area contributed by atoms with Gasteiger partial charge in [-0.1, -0.05) is 30.3 Å². The smallest absolute Gasteiger partial charge is 0.227 e. The highest BCUT2D eigenvalue weighted by molar-refractivity contribution is 7.83. The SMILES string of the molecule is CN1CCN(c2nc3c(c(NCCS(=O)NCc4ccccc4)n2)CCCC3)CC1. The molecule has 2 aliphatic rings. The molecule has 7 nitrogen and oxygen atoms in total. The van der Waals surface area contributed by atoms with Crippen LogP contribution < -0.4 is 14.9 Å². The lowest BCUT2D eigenvalue weighted by molar-refractivity contribution is 0.311. The van der Waals surface area contributed by atoms with Gasteiger partial charge in [-0.3, -0.25) is 0 Å².